The van der Waals surface area contributed by atoms with E-state index in [9.17, 15) is 14.4 Å². The van der Waals surface area contributed by atoms with Gasteiger partial charge in [-0.05, 0) is 76.1 Å². The number of halogens is 1. The van der Waals surface area contributed by atoms with Crippen molar-refractivity contribution in [1.29, 1.82) is 5.41 Å². The Labute approximate surface area is 214 Å². The SMILES string of the molecule is Cc1nn(-c2ccc(C(=N)N)cc2)c(=O)n1-c1ccc(CCC(=O)OCOC(=O)C(C)(C)C)cc1.Cl. The first-order valence-electron chi connectivity index (χ1n) is 11.0. The molecular formula is C25H30ClN5O5. The van der Waals surface area contributed by atoms with Crippen molar-refractivity contribution in [3.63, 3.8) is 0 Å². The smallest absolute Gasteiger partial charge is 0.355 e. The van der Waals surface area contributed by atoms with E-state index in [2.05, 4.69) is 5.10 Å². The second-order valence-corrected chi connectivity index (χ2v) is 9.02. The summed E-state index contributed by atoms with van der Waals surface area (Å²) in [6.07, 6.45) is 0.557. The van der Waals surface area contributed by atoms with Crippen LogP contribution in [0.1, 0.15) is 44.1 Å². The van der Waals surface area contributed by atoms with Crippen LogP contribution in [0.15, 0.2) is 53.3 Å². The van der Waals surface area contributed by atoms with E-state index in [1.54, 1.807) is 64.1 Å². The summed E-state index contributed by atoms with van der Waals surface area (Å²) in [6, 6.07) is 13.9. The number of nitrogens with zero attached hydrogens (tertiary/aromatic N) is 3. The van der Waals surface area contributed by atoms with Crippen molar-refractivity contribution in [3.05, 3.63) is 76.0 Å². The molecule has 0 atom stereocenters. The minimum absolute atomic E-state index is 0. The van der Waals surface area contributed by atoms with Crippen molar-refractivity contribution in [1.82, 2.24) is 14.3 Å². The normalized spacial score (nSPS) is 10.9. The molecule has 0 fully saturated rings. The van der Waals surface area contributed by atoms with Gasteiger partial charge >= 0.3 is 17.6 Å². The maximum Gasteiger partial charge on any atom is 0.355 e. The number of carbonyl (C=O) groups excluding carboxylic acids is 2. The molecule has 1 heterocycles. The van der Waals surface area contributed by atoms with Crippen LogP contribution >= 0.6 is 12.4 Å². The number of amidine groups is 1. The summed E-state index contributed by atoms with van der Waals surface area (Å²) in [6.45, 7) is 6.48. The van der Waals surface area contributed by atoms with E-state index in [1.807, 2.05) is 12.1 Å². The summed E-state index contributed by atoms with van der Waals surface area (Å²) < 4.78 is 12.7. The Hall–Kier alpha value is -3.92. The Morgan fingerprint density at radius 1 is 1.00 bits per heavy atom. The van der Waals surface area contributed by atoms with Gasteiger partial charge in [0.2, 0.25) is 6.79 Å². The third-order valence-corrected chi connectivity index (χ3v) is 5.20. The molecule has 0 aliphatic carbocycles. The number of aryl methyl sites for hydroxylation is 2. The highest BCUT2D eigenvalue weighted by Crippen LogP contribution is 2.16. The molecule has 0 unspecified atom stereocenters. The molecule has 0 radical (unpaired) electrons. The zero-order valence-electron chi connectivity index (χ0n) is 20.6. The van der Waals surface area contributed by atoms with Crippen molar-refractivity contribution >= 4 is 30.2 Å². The standard InChI is InChI=1S/C25H29N5O5.ClH/c1-16-28-30(20-12-8-18(9-13-20)22(26)27)24(33)29(16)19-10-5-17(6-11-19)7-14-21(31)34-15-35-23(32)25(2,3)4;/h5-6,8-13H,7,14-15H2,1-4H3,(H3,26,27);1H. The van der Waals surface area contributed by atoms with E-state index in [1.165, 1.54) is 9.25 Å². The number of benzene rings is 2. The molecule has 3 N–H and O–H groups in total. The summed E-state index contributed by atoms with van der Waals surface area (Å²) in [7, 11) is 0. The molecule has 0 bridgehead atoms. The van der Waals surface area contributed by atoms with Gasteiger partial charge in [0.1, 0.15) is 11.7 Å². The highest BCUT2D eigenvalue weighted by atomic mass is 35.5. The molecule has 0 aliphatic heterocycles. The third kappa shape index (κ3) is 6.82. The minimum Gasteiger partial charge on any atom is -0.428 e. The van der Waals surface area contributed by atoms with Gasteiger partial charge in [-0.1, -0.05) is 12.1 Å². The van der Waals surface area contributed by atoms with Crippen molar-refractivity contribution in [2.75, 3.05) is 6.79 Å². The highest BCUT2D eigenvalue weighted by Gasteiger charge is 2.23. The van der Waals surface area contributed by atoms with Crippen molar-refractivity contribution in [3.8, 4) is 11.4 Å². The average Bonchev–Trinajstić information content (AvgIpc) is 3.11. The van der Waals surface area contributed by atoms with Gasteiger partial charge in [0, 0.05) is 12.0 Å². The van der Waals surface area contributed by atoms with Crippen LogP contribution in [0, 0.1) is 17.7 Å². The molecule has 0 spiro atoms. The Morgan fingerprint density at radius 3 is 2.14 bits per heavy atom. The van der Waals surface area contributed by atoms with E-state index in [4.69, 9.17) is 20.6 Å². The van der Waals surface area contributed by atoms with E-state index in [0.29, 0.717) is 29.2 Å². The van der Waals surface area contributed by atoms with Gasteiger partial charge in [-0.2, -0.15) is 4.68 Å². The predicted octanol–water partition coefficient (Wildman–Crippen LogP) is 3.06. The lowest BCUT2D eigenvalue weighted by atomic mass is 9.98. The molecule has 0 saturated carbocycles. The van der Waals surface area contributed by atoms with Gasteiger partial charge in [-0.3, -0.25) is 15.0 Å². The van der Waals surface area contributed by atoms with Gasteiger partial charge in [-0.15, -0.1) is 17.5 Å². The van der Waals surface area contributed by atoms with Crippen molar-refractivity contribution < 1.29 is 19.1 Å². The molecule has 36 heavy (non-hydrogen) atoms. The molecule has 0 amide bonds. The number of carbonyl (C=O) groups is 2. The summed E-state index contributed by atoms with van der Waals surface area (Å²) >= 11 is 0. The second kappa shape index (κ2) is 11.7. The summed E-state index contributed by atoms with van der Waals surface area (Å²) in [4.78, 5) is 36.6. The summed E-state index contributed by atoms with van der Waals surface area (Å²) in [5.74, 6) is -0.461. The van der Waals surface area contributed by atoms with Crippen LogP contribution in [0.3, 0.4) is 0 Å². The quantitative estimate of drug-likeness (QED) is 0.203. The monoisotopic (exact) mass is 515 g/mol. The zero-order valence-corrected chi connectivity index (χ0v) is 21.4. The maximum atomic E-state index is 13.0. The predicted molar refractivity (Wildman–Crippen MR) is 137 cm³/mol. The number of hydrogen-bond donors (Lipinski definition) is 2. The molecule has 192 valence electrons. The van der Waals surface area contributed by atoms with Gasteiger partial charge < -0.3 is 15.2 Å². The second-order valence-electron chi connectivity index (χ2n) is 9.02. The van der Waals surface area contributed by atoms with E-state index in [0.717, 1.165) is 5.56 Å². The van der Waals surface area contributed by atoms with E-state index < -0.39 is 24.1 Å². The van der Waals surface area contributed by atoms with Crippen LogP contribution < -0.4 is 11.4 Å². The Kier molecular flexibility index (Phi) is 9.18. The number of nitrogens with one attached hydrogen (secondary N) is 1. The Balaban J connectivity index is 0.00000456. The van der Waals surface area contributed by atoms with Crippen LogP contribution in [0.5, 0.6) is 0 Å². The van der Waals surface area contributed by atoms with Crippen LogP contribution in [-0.4, -0.2) is 38.9 Å². The van der Waals surface area contributed by atoms with Gasteiger partial charge in [0.15, 0.2) is 0 Å². The molecule has 1 aromatic heterocycles. The largest absolute Gasteiger partial charge is 0.428 e. The molecular weight excluding hydrogens is 486 g/mol. The number of hydrogen-bond acceptors (Lipinski definition) is 7. The van der Waals surface area contributed by atoms with Crippen LogP contribution in [0.25, 0.3) is 11.4 Å². The molecule has 3 aromatic rings. The number of esters is 2. The minimum atomic E-state index is -0.662. The number of nitrogen functional groups attached to an aromatic ring is 1. The number of ether oxygens (including phenoxy) is 2. The van der Waals surface area contributed by atoms with E-state index in [-0.39, 0.29) is 30.4 Å². The lowest BCUT2D eigenvalue weighted by Gasteiger charge is -2.16. The van der Waals surface area contributed by atoms with Crippen LogP contribution in [0.4, 0.5) is 0 Å². The molecule has 3 rings (SSSR count). The first-order chi connectivity index (χ1) is 16.5. The van der Waals surface area contributed by atoms with Gasteiger partial charge in [0.25, 0.3) is 0 Å². The fourth-order valence-electron chi connectivity index (χ4n) is 3.21. The average molecular weight is 516 g/mol. The first kappa shape index (κ1) is 28.3. The molecule has 0 aliphatic rings. The lowest BCUT2D eigenvalue weighted by Crippen LogP contribution is -2.24. The number of rotatable bonds is 8. The Morgan fingerprint density at radius 2 is 1.58 bits per heavy atom. The van der Waals surface area contributed by atoms with Crippen LogP contribution in [-0.2, 0) is 25.5 Å². The zero-order chi connectivity index (χ0) is 25.8. The highest BCUT2D eigenvalue weighted by molar-refractivity contribution is 5.95. The molecule has 2 aromatic carbocycles. The first-order valence-corrected chi connectivity index (χ1v) is 11.0. The Bertz CT molecular complexity index is 1290. The van der Waals surface area contributed by atoms with Gasteiger partial charge in [-0.25, -0.2) is 9.36 Å². The number of aromatic nitrogens is 3. The van der Waals surface area contributed by atoms with Crippen LogP contribution in [0.2, 0.25) is 0 Å². The fourth-order valence-corrected chi connectivity index (χ4v) is 3.21. The van der Waals surface area contributed by atoms with Gasteiger partial charge in [0.05, 0.1) is 16.8 Å². The number of nitrogens with two attached hydrogens (primary N) is 1. The maximum absolute atomic E-state index is 13.0. The molecule has 0 saturated heterocycles. The fraction of sp³-hybridized carbons (Fsp3) is 0.320. The lowest BCUT2D eigenvalue weighted by molar-refractivity contribution is -0.173. The van der Waals surface area contributed by atoms with Crippen molar-refractivity contribution in [2.45, 2.75) is 40.5 Å². The molecule has 11 heteroatoms. The topological polar surface area (TPSA) is 142 Å². The molecule has 10 nitrogen and oxygen atoms in total. The van der Waals surface area contributed by atoms with E-state index >= 15 is 0 Å². The summed E-state index contributed by atoms with van der Waals surface area (Å²) in [5, 5.41) is 11.8. The van der Waals surface area contributed by atoms with Crippen molar-refractivity contribution in [2.24, 2.45) is 11.1 Å². The third-order valence-electron chi connectivity index (χ3n) is 5.20. The summed E-state index contributed by atoms with van der Waals surface area (Å²) in [5.41, 5.74) is 7.13.